The van der Waals surface area contributed by atoms with Crippen molar-refractivity contribution in [2.75, 3.05) is 13.2 Å². The summed E-state index contributed by atoms with van der Waals surface area (Å²) in [6.45, 7) is 2.95. The van der Waals surface area contributed by atoms with Crippen molar-refractivity contribution in [2.45, 2.75) is 57.5 Å². The number of halogens is 1. The van der Waals surface area contributed by atoms with E-state index in [2.05, 4.69) is 12.2 Å². The maximum atomic E-state index is 14.1. The number of rotatable bonds is 6. The summed E-state index contributed by atoms with van der Waals surface area (Å²) in [6, 6.07) is 5.31. The number of aliphatic hydroxyl groups excluding tert-OH is 1. The number of aliphatic hydroxyl groups is 1. The van der Waals surface area contributed by atoms with E-state index < -0.39 is 0 Å². The number of amides is 2. The molecule has 2 unspecified atom stereocenters. The van der Waals surface area contributed by atoms with Gasteiger partial charge in [-0.15, -0.1) is 0 Å². The smallest absolute Gasteiger partial charge is 0.318 e. The van der Waals surface area contributed by atoms with Crippen molar-refractivity contribution in [1.82, 2.24) is 10.2 Å². The van der Waals surface area contributed by atoms with E-state index in [0.29, 0.717) is 24.9 Å². The first kappa shape index (κ1) is 17.2. The molecule has 1 fully saturated rings. The fourth-order valence-electron chi connectivity index (χ4n) is 3.64. The zero-order valence-electron chi connectivity index (χ0n) is 14.3. The zero-order chi connectivity index (χ0) is 17.1. The lowest BCUT2D eigenvalue weighted by atomic mass is 9.80. The average molecular weight is 334 g/mol. The molecule has 1 aromatic rings. The van der Waals surface area contributed by atoms with E-state index in [-0.39, 0.29) is 24.5 Å². The molecule has 2 atom stereocenters. The lowest BCUT2D eigenvalue weighted by molar-refractivity contribution is 0.180. The van der Waals surface area contributed by atoms with Crippen LogP contribution in [0.5, 0.6) is 0 Å². The van der Waals surface area contributed by atoms with Crippen LogP contribution in [0.15, 0.2) is 18.2 Å². The average Bonchev–Trinajstić information content (AvgIpc) is 3.39. The molecule has 3 rings (SSSR count). The topological polar surface area (TPSA) is 52.6 Å². The highest BCUT2D eigenvalue weighted by molar-refractivity contribution is 5.75. The van der Waals surface area contributed by atoms with Gasteiger partial charge in [-0.2, -0.15) is 0 Å². The van der Waals surface area contributed by atoms with Gasteiger partial charge in [-0.25, -0.2) is 9.18 Å². The van der Waals surface area contributed by atoms with Gasteiger partial charge in [0, 0.05) is 19.2 Å². The first-order chi connectivity index (χ1) is 11.6. The van der Waals surface area contributed by atoms with E-state index in [1.165, 1.54) is 6.07 Å². The van der Waals surface area contributed by atoms with Gasteiger partial charge >= 0.3 is 6.03 Å². The number of unbranched alkanes of at least 4 members (excludes halogenated alkanes) is 1. The number of fused-ring (bicyclic) bond motifs is 1. The van der Waals surface area contributed by atoms with Crippen LogP contribution in [0.25, 0.3) is 0 Å². The third kappa shape index (κ3) is 3.72. The Morgan fingerprint density at radius 1 is 1.33 bits per heavy atom. The van der Waals surface area contributed by atoms with Crippen LogP contribution in [0.3, 0.4) is 0 Å². The van der Waals surface area contributed by atoms with Gasteiger partial charge in [0.15, 0.2) is 0 Å². The lowest BCUT2D eigenvalue weighted by Gasteiger charge is -2.34. The van der Waals surface area contributed by atoms with Gasteiger partial charge in [0.05, 0.1) is 6.04 Å². The molecule has 0 bridgehead atoms. The van der Waals surface area contributed by atoms with Gasteiger partial charge in [0.2, 0.25) is 0 Å². The maximum absolute atomic E-state index is 14.1. The SMILES string of the molecule is CC1CCc2c(F)cccc2C1NC(=O)N(CCCCO)C1CC1. The summed E-state index contributed by atoms with van der Waals surface area (Å²) in [4.78, 5) is 14.7. The number of urea groups is 1. The summed E-state index contributed by atoms with van der Waals surface area (Å²) in [6.07, 6.45) is 5.25. The molecule has 0 radical (unpaired) electrons. The van der Waals surface area contributed by atoms with E-state index in [1.54, 1.807) is 6.07 Å². The van der Waals surface area contributed by atoms with E-state index in [1.807, 2.05) is 11.0 Å². The maximum Gasteiger partial charge on any atom is 0.318 e. The van der Waals surface area contributed by atoms with Gasteiger partial charge in [0.25, 0.3) is 0 Å². The van der Waals surface area contributed by atoms with Crippen molar-refractivity contribution >= 4 is 6.03 Å². The van der Waals surface area contributed by atoms with Gasteiger partial charge in [-0.1, -0.05) is 19.1 Å². The lowest BCUT2D eigenvalue weighted by Crippen LogP contribution is -2.45. The Hall–Kier alpha value is -1.62. The van der Waals surface area contributed by atoms with Gasteiger partial charge < -0.3 is 15.3 Å². The monoisotopic (exact) mass is 334 g/mol. The third-order valence-electron chi connectivity index (χ3n) is 5.24. The summed E-state index contributed by atoms with van der Waals surface area (Å²) in [5.41, 5.74) is 1.67. The van der Waals surface area contributed by atoms with Crippen molar-refractivity contribution in [1.29, 1.82) is 0 Å². The molecular formula is C19H27FN2O2. The van der Waals surface area contributed by atoms with E-state index in [9.17, 15) is 9.18 Å². The minimum atomic E-state index is -0.166. The van der Waals surface area contributed by atoms with Crippen LogP contribution in [0, 0.1) is 11.7 Å². The number of nitrogens with one attached hydrogen (secondary N) is 1. The van der Waals surface area contributed by atoms with Gasteiger partial charge in [0.1, 0.15) is 5.82 Å². The largest absolute Gasteiger partial charge is 0.396 e. The van der Waals surface area contributed by atoms with E-state index >= 15 is 0 Å². The second kappa shape index (κ2) is 7.51. The minimum Gasteiger partial charge on any atom is -0.396 e. The van der Waals surface area contributed by atoms with Crippen LogP contribution in [-0.2, 0) is 6.42 Å². The first-order valence-corrected chi connectivity index (χ1v) is 9.07. The molecule has 2 N–H and O–H groups in total. The summed E-state index contributed by atoms with van der Waals surface area (Å²) < 4.78 is 14.1. The predicted molar refractivity (Wildman–Crippen MR) is 91.2 cm³/mol. The molecule has 132 valence electrons. The highest BCUT2D eigenvalue weighted by atomic mass is 19.1. The molecule has 0 heterocycles. The fraction of sp³-hybridized carbons (Fsp3) is 0.632. The van der Waals surface area contributed by atoms with Crippen LogP contribution in [0.1, 0.15) is 56.2 Å². The molecule has 0 aromatic heterocycles. The Bertz CT molecular complexity index is 589. The number of hydrogen-bond donors (Lipinski definition) is 2. The Balaban J connectivity index is 1.72. The van der Waals surface area contributed by atoms with Crippen LogP contribution in [0.4, 0.5) is 9.18 Å². The molecule has 2 amide bonds. The molecule has 0 spiro atoms. The van der Waals surface area contributed by atoms with Gasteiger partial charge in [-0.3, -0.25) is 0 Å². The van der Waals surface area contributed by atoms with Crippen molar-refractivity contribution in [3.8, 4) is 0 Å². The molecule has 2 aliphatic carbocycles. The Labute approximate surface area is 143 Å². The molecule has 0 saturated heterocycles. The second-order valence-corrected chi connectivity index (χ2v) is 7.11. The number of carbonyl (C=O) groups excluding carboxylic acids is 1. The van der Waals surface area contributed by atoms with Crippen molar-refractivity contribution in [2.24, 2.45) is 5.92 Å². The molecule has 1 aromatic carbocycles. The molecule has 1 saturated carbocycles. The standard InChI is InChI=1S/C19H27FN2O2/c1-13-7-10-15-16(5-4-6-17(15)20)18(13)21-19(24)22(14-8-9-14)11-2-3-12-23/h4-6,13-14,18,23H,2-3,7-12H2,1H3,(H,21,24). The molecule has 5 heteroatoms. The van der Waals surface area contributed by atoms with Crippen molar-refractivity contribution in [3.05, 3.63) is 35.1 Å². The Kier molecular flexibility index (Phi) is 5.39. The molecule has 2 aliphatic rings. The number of carbonyl (C=O) groups is 1. The summed E-state index contributed by atoms with van der Waals surface area (Å²) in [7, 11) is 0. The zero-order valence-corrected chi connectivity index (χ0v) is 14.3. The van der Waals surface area contributed by atoms with Crippen molar-refractivity contribution < 1.29 is 14.3 Å². The molecule has 0 aliphatic heterocycles. The van der Waals surface area contributed by atoms with E-state index in [4.69, 9.17) is 5.11 Å². The Morgan fingerprint density at radius 2 is 2.12 bits per heavy atom. The van der Waals surface area contributed by atoms with Gasteiger partial charge in [-0.05, 0) is 61.6 Å². The highest BCUT2D eigenvalue weighted by Gasteiger charge is 2.35. The first-order valence-electron chi connectivity index (χ1n) is 9.07. The number of hydrogen-bond acceptors (Lipinski definition) is 2. The molecule has 24 heavy (non-hydrogen) atoms. The third-order valence-corrected chi connectivity index (χ3v) is 5.24. The van der Waals surface area contributed by atoms with E-state index in [0.717, 1.165) is 43.2 Å². The summed E-state index contributed by atoms with van der Waals surface area (Å²) in [5.74, 6) is 0.127. The fourth-order valence-corrected chi connectivity index (χ4v) is 3.64. The second-order valence-electron chi connectivity index (χ2n) is 7.11. The quantitative estimate of drug-likeness (QED) is 0.784. The minimum absolute atomic E-state index is 0.0515. The predicted octanol–water partition coefficient (Wildman–Crippen LogP) is 3.40. The van der Waals surface area contributed by atoms with Crippen LogP contribution >= 0.6 is 0 Å². The normalized spacial score (nSPS) is 22.8. The van der Waals surface area contributed by atoms with Crippen LogP contribution in [0.2, 0.25) is 0 Å². The summed E-state index contributed by atoms with van der Waals surface area (Å²) in [5, 5.41) is 12.1. The van der Waals surface area contributed by atoms with Crippen LogP contribution in [-0.4, -0.2) is 35.2 Å². The molecule has 4 nitrogen and oxygen atoms in total. The number of nitrogens with zero attached hydrogens (tertiary/aromatic N) is 1. The van der Waals surface area contributed by atoms with Crippen LogP contribution < -0.4 is 5.32 Å². The van der Waals surface area contributed by atoms with Crippen molar-refractivity contribution in [3.63, 3.8) is 0 Å². The number of benzene rings is 1. The Morgan fingerprint density at radius 3 is 2.83 bits per heavy atom. The highest BCUT2D eigenvalue weighted by Crippen LogP contribution is 2.36. The summed E-state index contributed by atoms with van der Waals surface area (Å²) >= 11 is 0. The molecular weight excluding hydrogens is 307 g/mol.